The molecule has 0 heterocycles. The van der Waals surface area contributed by atoms with Crippen molar-refractivity contribution < 1.29 is 4.79 Å². The highest BCUT2D eigenvalue weighted by Gasteiger charge is 2.18. The van der Waals surface area contributed by atoms with E-state index in [9.17, 15) is 4.79 Å². The van der Waals surface area contributed by atoms with Gasteiger partial charge in [-0.3, -0.25) is 4.79 Å². The molecule has 2 rings (SSSR count). The first kappa shape index (κ1) is 15.0. The van der Waals surface area contributed by atoms with Crippen molar-refractivity contribution >= 4 is 11.6 Å². The average molecular weight is 274 g/mol. The molecule has 2 N–H and O–H groups in total. The number of amides is 1. The van der Waals surface area contributed by atoms with E-state index in [2.05, 4.69) is 17.6 Å². The smallest absolute Gasteiger partial charge is 0.238 e. The fraction of sp³-hybridized carbons (Fsp3) is 0.588. The summed E-state index contributed by atoms with van der Waals surface area (Å²) in [6.45, 7) is 5.74. The molecule has 0 saturated heterocycles. The molecule has 1 amide bonds. The van der Waals surface area contributed by atoms with Gasteiger partial charge in [-0.25, -0.2) is 0 Å². The van der Waals surface area contributed by atoms with Crippen LogP contribution in [0.25, 0.3) is 0 Å². The summed E-state index contributed by atoms with van der Waals surface area (Å²) in [5, 5.41) is 6.21. The predicted molar refractivity (Wildman–Crippen MR) is 83.8 cm³/mol. The molecule has 0 aromatic heterocycles. The Hall–Kier alpha value is -1.35. The van der Waals surface area contributed by atoms with Crippen LogP contribution in [0.3, 0.4) is 0 Å². The summed E-state index contributed by atoms with van der Waals surface area (Å²) in [5.74, 6) is 1.63. The molecule has 0 aliphatic heterocycles. The SMILES string of the molecule is Cc1ccc(NC(=O)CNCC2CCCC(C)C2)cc1. The summed E-state index contributed by atoms with van der Waals surface area (Å²) >= 11 is 0. The van der Waals surface area contributed by atoms with E-state index in [-0.39, 0.29) is 5.91 Å². The molecule has 1 aliphatic rings. The van der Waals surface area contributed by atoms with E-state index in [1.54, 1.807) is 0 Å². The summed E-state index contributed by atoms with van der Waals surface area (Å²) in [7, 11) is 0. The molecule has 3 nitrogen and oxygen atoms in total. The van der Waals surface area contributed by atoms with Crippen molar-refractivity contribution in [2.45, 2.75) is 39.5 Å². The first-order chi connectivity index (χ1) is 9.63. The highest BCUT2D eigenvalue weighted by Crippen LogP contribution is 2.27. The van der Waals surface area contributed by atoms with Crippen LogP contribution in [0.1, 0.15) is 38.2 Å². The van der Waals surface area contributed by atoms with Gasteiger partial charge in [-0.2, -0.15) is 0 Å². The maximum Gasteiger partial charge on any atom is 0.238 e. The minimum absolute atomic E-state index is 0.0395. The van der Waals surface area contributed by atoms with Crippen molar-refractivity contribution in [3.63, 3.8) is 0 Å². The summed E-state index contributed by atoms with van der Waals surface area (Å²) in [6.07, 6.45) is 5.30. The molecular weight excluding hydrogens is 248 g/mol. The van der Waals surface area contributed by atoms with Crippen LogP contribution in [0.2, 0.25) is 0 Å². The Bertz CT molecular complexity index is 427. The number of hydrogen-bond acceptors (Lipinski definition) is 2. The highest BCUT2D eigenvalue weighted by molar-refractivity contribution is 5.92. The summed E-state index contributed by atoms with van der Waals surface area (Å²) in [4.78, 5) is 11.8. The molecule has 110 valence electrons. The molecule has 2 unspecified atom stereocenters. The van der Waals surface area contributed by atoms with Crippen LogP contribution >= 0.6 is 0 Å². The van der Waals surface area contributed by atoms with Crippen molar-refractivity contribution in [3.8, 4) is 0 Å². The van der Waals surface area contributed by atoms with Crippen molar-refractivity contribution in [1.29, 1.82) is 0 Å². The predicted octanol–water partition coefficient (Wildman–Crippen LogP) is 3.35. The van der Waals surface area contributed by atoms with E-state index >= 15 is 0 Å². The van der Waals surface area contributed by atoms with Crippen LogP contribution < -0.4 is 10.6 Å². The topological polar surface area (TPSA) is 41.1 Å². The molecule has 0 spiro atoms. The van der Waals surface area contributed by atoms with Crippen LogP contribution in [-0.2, 0) is 4.79 Å². The fourth-order valence-electron chi connectivity index (χ4n) is 2.98. The molecule has 1 aliphatic carbocycles. The second-order valence-corrected chi connectivity index (χ2v) is 6.18. The van der Waals surface area contributed by atoms with Crippen molar-refractivity contribution in [1.82, 2.24) is 5.32 Å². The lowest BCUT2D eigenvalue weighted by atomic mass is 9.82. The zero-order valence-corrected chi connectivity index (χ0v) is 12.6. The number of hydrogen-bond donors (Lipinski definition) is 2. The van der Waals surface area contributed by atoms with Gasteiger partial charge in [0, 0.05) is 5.69 Å². The van der Waals surface area contributed by atoms with E-state index < -0.39 is 0 Å². The number of carbonyl (C=O) groups excluding carboxylic acids is 1. The standard InChI is InChI=1S/C17H26N2O/c1-13-6-8-16(9-7-13)19-17(20)12-18-11-15-5-3-4-14(2)10-15/h6-9,14-15,18H,3-5,10-12H2,1-2H3,(H,19,20). The van der Waals surface area contributed by atoms with Gasteiger partial charge >= 0.3 is 0 Å². The van der Waals surface area contributed by atoms with Crippen molar-refractivity contribution in [3.05, 3.63) is 29.8 Å². The van der Waals surface area contributed by atoms with Gasteiger partial charge in [-0.05, 0) is 50.3 Å². The fourth-order valence-corrected chi connectivity index (χ4v) is 2.98. The third kappa shape index (κ3) is 4.97. The Morgan fingerprint density at radius 1 is 1.25 bits per heavy atom. The van der Waals surface area contributed by atoms with Gasteiger partial charge in [0.05, 0.1) is 6.54 Å². The third-order valence-corrected chi connectivity index (χ3v) is 4.10. The molecule has 2 atom stereocenters. The Balaban J connectivity index is 1.66. The van der Waals surface area contributed by atoms with Crippen molar-refractivity contribution in [2.24, 2.45) is 11.8 Å². The van der Waals surface area contributed by atoms with Gasteiger partial charge in [0.25, 0.3) is 0 Å². The van der Waals surface area contributed by atoms with Crippen LogP contribution in [0.5, 0.6) is 0 Å². The second-order valence-electron chi connectivity index (χ2n) is 6.18. The molecule has 0 bridgehead atoms. The first-order valence-electron chi connectivity index (χ1n) is 7.70. The zero-order chi connectivity index (χ0) is 14.4. The Labute approximate surface area is 122 Å². The third-order valence-electron chi connectivity index (χ3n) is 4.10. The maximum atomic E-state index is 11.8. The van der Waals surface area contributed by atoms with E-state index in [1.807, 2.05) is 31.2 Å². The second kappa shape index (κ2) is 7.44. The lowest BCUT2D eigenvalue weighted by Gasteiger charge is -2.26. The normalized spacial score (nSPS) is 22.5. The van der Waals surface area contributed by atoms with Crippen molar-refractivity contribution in [2.75, 3.05) is 18.4 Å². The number of rotatable bonds is 5. The Kier molecular flexibility index (Phi) is 5.60. The van der Waals surface area contributed by atoms with Crippen LogP contribution in [0.15, 0.2) is 24.3 Å². The van der Waals surface area contributed by atoms with E-state index in [1.165, 1.54) is 31.2 Å². The van der Waals surface area contributed by atoms with E-state index in [0.717, 1.165) is 24.1 Å². The van der Waals surface area contributed by atoms with Gasteiger partial charge in [0.1, 0.15) is 0 Å². The number of nitrogens with one attached hydrogen (secondary N) is 2. The van der Waals surface area contributed by atoms with Crippen LogP contribution in [0, 0.1) is 18.8 Å². The van der Waals surface area contributed by atoms with Gasteiger partial charge < -0.3 is 10.6 Å². The number of benzene rings is 1. The maximum absolute atomic E-state index is 11.8. The van der Waals surface area contributed by atoms with E-state index in [0.29, 0.717) is 6.54 Å². The molecule has 1 aromatic rings. The number of aryl methyl sites for hydroxylation is 1. The zero-order valence-electron chi connectivity index (χ0n) is 12.6. The minimum Gasteiger partial charge on any atom is -0.325 e. The molecule has 1 aromatic carbocycles. The summed E-state index contributed by atoms with van der Waals surface area (Å²) in [5.41, 5.74) is 2.07. The minimum atomic E-state index is 0.0395. The number of carbonyl (C=O) groups is 1. The Morgan fingerprint density at radius 3 is 2.70 bits per heavy atom. The number of anilines is 1. The molecule has 0 radical (unpaired) electrons. The summed E-state index contributed by atoms with van der Waals surface area (Å²) in [6, 6.07) is 7.89. The molecule has 20 heavy (non-hydrogen) atoms. The lowest BCUT2D eigenvalue weighted by Crippen LogP contribution is -2.33. The van der Waals surface area contributed by atoms with Gasteiger partial charge in [0.15, 0.2) is 0 Å². The van der Waals surface area contributed by atoms with Crippen LogP contribution in [-0.4, -0.2) is 19.0 Å². The molecule has 1 fully saturated rings. The van der Waals surface area contributed by atoms with Gasteiger partial charge in [-0.1, -0.05) is 37.5 Å². The molecular formula is C17H26N2O. The molecule has 1 saturated carbocycles. The van der Waals surface area contributed by atoms with Crippen LogP contribution in [0.4, 0.5) is 5.69 Å². The van der Waals surface area contributed by atoms with Gasteiger partial charge in [-0.15, -0.1) is 0 Å². The van der Waals surface area contributed by atoms with Gasteiger partial charge in [0.2, 0.25) is 5.91 Å². The first-order valence-corrected chi connectivity index (χ1v) is 7.70. The Morgan fingerprint density at radius 2 is 2.00 bits per heavy atom. The highest BCUT2D eigenvalue weighted by atomic mass is 16.1. The summed E-state index contributed by atoms with van der Waals surface area (Å²) < 4.78 is 0. The molecule has 3 heteroatoms. The quantitative estimate of drug-likeness (QED) is 0.864. The average Bonchev–Trinajstić information content (AvgIpc) is 2.41. The largest absolute Gasteiger partial charge is 0.325 e. The lowest BCUT2D eigenvalue weighted by molar-refractivity contribution is -0.115. The monoisotopic (exact) mass is 274 g/mol. The van der Waals surface area contributed by atoms with E-state index in [4.69, 9.17) is 0 Å².